The van der Waals surface area contributed by atoms with Crippen LogP contribution in [0.4, 0.5) is 0 Å². The fourth-order valence-electron chi connectivity index (χ4n) is 0.932. The van der Waals surface area contributed by atoms with Crippen LogP contribution in [0.25, 0.3) is 0 Å². The van der Waals surface area contributed by atoms with Crippen LogP contribution in [0.2, 0.25) is 0 Å². The van der Waals surface area contributed by atoms with E-state index in [9.17, 15) is 13.2 Å². The summed E-state index contributed by atoms with van der Waals surface area (Å²) in [6.45, 7) is 2.00. The molecule has 1 amide bonds. The Kier molecular flexibility index (Phi) is 5.77. The monoisotopic (exact) mass is 238 g/mol. The van der Waals surface area contributed by atoms with Crippen molar-refractivity contribution >= 4 is 15.9 Å². The minimum absolute atomic E-state index is 0.129. The molecule has 0 aliphatic carbocycles. The van der Waals surface area contributed by atoms with Crippen LogP contribution in [0, 0.1) is 0 Å². The smallest absolute Gasteiger partial charge is 0.235 e. The molecule has 0 unspecified atom stereocenters. The Morgan fingerprint density at radius 1 is 1.53 bits per heavy atom. The molecule has 15 heavy (non-hydrogen) atoms. The van der Waals surface area contributed by atoms with Crippen LogP contribution in [-0.2, 0) is 19.6 Å². The van der Waals surface area contributed by atoms with Crippen LogP contribution < -0.4 is 5.32 Å². The molecule has 0 heterocycles. The van der Waals surface area contributed by atoms with Gasteiger partial charge in [0, 0.05) is 20.2 Å². The number of nitrogens with one attached hydrogen (secondary N) is 1. The van der Waals surface area contributed by atoms with Crippen LogP contribution in [0.1, 0.15) is 6.92 Å². The number of hydrogen-bond acceptors (Lipinski definition) is 4. The molecule has 0 saturated heterocycles. The summed E-state index contributed by atoms with van der Waals surface area (Å²) < 4.78 is 27.8. The number of likely N-dealkylation sites (N-methyl/N-ethyl adjacent to an activating group) is 1. The third-order valence-corrected chi connectivity index (χ3v) is 3.02. The van der Waals surface area contributed by atoms with Crippen LogP contribution in [0.5, 0.6) is 0 Å². The van der Waals surface area contributed by atoms with Gasteiger partial charge in [-0.1, -0.05) is 0 Å². The molecule has 0 aliphatic rings. The van der Waals surface area contributed by atoms with Crippen LogP contribution in [0.3, 0.4) is 0 Å². The van der Waals surface area contributed by atoms with Gasteiger partial charge in [-0.2, -0.15) is 4.31 Å². The first kappa shape index (κ1) is 14.3. The predicted octanol–water partition coefficient (Wildman–Crippen LogP) is -0.971. The van der Waals surface area contributed by atoms with Gasteiger partial charge >= 0.3 is 0 Å². The van der Waals surface area contributed by atoms with Gasteiger partial charge in [-0.15, -0.1) is 0 Å². The Labute approximate surface area is 90.6 Å². The second-order valence-corrected chi connectivity index (χ2v) is 5.53. The maximum Gasteiger partial charge on any atom is 0.235 e. The number of ether oxygens (including phenoxy) is 1. The minimum Gasteiger partial charge on any atom is -0.383 e. The number of amides is 1. The second kappa shape index (κ2) is 6.04. The van der Waals surface area contributed by atoms with Crippen molar-refractivity contribution in [1.29, 1.82) is 0 Å². The first-order chi connectivity index (χ1) is 6.77. The zero-order chi connectivity index (χ0) is 12.1. The summed E-state index contributed by atoms with van der Waals surface area (Å²) >= 11 is 0. The van der Waals surface area contributed by atoms with E-state index in [1.54, 1.807) is 6.92 Å². The van der Waals surface area contributed by atoms with Gasteiger partial charge in [0.05, 0.1) is 19.4 Å². The molecule has 0 rings (SSSR count). The Morgan fingerprint density at radius 2 is 2.07 bits per heavy atom. The molecular formula is C8H18N2O4S. The van der Waals surface area contributed by atoms with Crippen molar-refractivity contribution < 1.29 is 17.9 Å². The topological polar surface area (TPSA) is 75.7 Å². The zero-order valence-corrected chi connectivity index (χ0v) is 10.3. The average molecular weight is 238 g/mol. The molecule has 0 saturated carbocycles. The molecule has 6 nitrogen and oxygen atoms in total. The molecule has 0 fully saturated rings. The fourth-order valence-corrected chi connectivity index (χ4v) is 1.28. The van der Waals surface area contributed by atoms with Gasteiger partial charge in [0.1, 0.15) is 0 Å². The quantitative estimate of drug-likeness (QED) is 0.646. The van der Waals surface area contributed by atoms with E-state index in [0.29, 0.717) is 6.61 Å². The standard InChI is InChI=1S/C8H18N2O4S/c1-7(6-14-3)9-8(11)5-10(2)15(4,12)13/h7H,5-6H2,1-4H3,(H,9,11)/t7-/m1/s1. The molecule has 90 valence electrons. The van der Waals surface area contributed by atoms with E-state index in [1.807, 2.05) is 0 Å². The first-order valence-electron chi connectivity index (χ1n) is 4.47. The fraction of sp³-hybridized carbons (Fsp3) is 0.875. The summed E-state index contributed by atoms with van der Waals surface area (Å²) in [4.78, 5) is 11.3. The largest absolute Gasteiger partial charge is 0.383 e. The molecule has 0 aromatic carbocycles. The summed E-state index contributed by atoms with van der Waals surface area (Å²) in [5.74, 6) is -0.340. The Morgan fingerprint density at radius 3 is 2.47 bits per heavy atom. The molecule has 1 atom stereocenters. The molecule has 7 heteroatoms. The summed E-state index contributed by atoms with van der Waals surface area (Å²) in [5, 5.41) is 2.61. The number of carbonyl (C=O) groups excluding carboxylic acids is 1. The summed E-state index contributed by atoms with van der Waals surface area (Å²) in [6.07, 6.45) is 1.05. The SMILES string of the molecule is COC[C@@H](C)NC(=O)CN(C)S(C)(=O)=O. The normalized spacial score (nSPS) is 13.9. The maximum absolute atomic E-state index is 11.3. The lowest BCUT2D eigenvalue weighted by molar-refractivity contribution is -0.122. The van der Waals surface area contributed by atoms with Gasteiger partial charge in [0.15, 0.2) is 0 Å². The number of rotatable bonds is 6. The van der Waals surface area contributed by atoms with E-state index >= 15 is 0 Å². The molecule has 0 spiro atoms. The van der Waals surface area contributed by atoms with Gasteiger partial charge in [0.2, 0.25) is 15.9 Å². The van der Waals surface area contributed by atoms with Crippen molar-refractivity contribution in [3.8, 4) is 0 Å². The van der Waals surface area contributed by atoms with Gasteiger partial charge in [-0.25, -0.2) is 8.42 Å². The lowest BCUT2D eigenvalue weighted by Crippen LogP contribution is -2.42. The van der Waals surface area contributed by atoms with Gasteiger partial charge in [-0.3, -0.25) is 4.79 Å². The molecule has 0 aromatic heterocycles. The van der Waals surface area contributed by atoms with Crippen molar-refractivity contribution in [1.82, 2.24) is 9.62 Å². The number of hydrogen-bond donors (Lipinski definition) is 1. The predicted molar refractivity (Wildman–Crippen MR) is 57.0 cm³/mol. The molecule has 0 bridgehead atoms. The van der Waals surface area contributed by atoms with E-state index in [2.05, 4.69) is 5.32 Å². The highest BCUT2D eigenvalue weighted by molar-refractivity contribution is 7.88. The van der Waals surface area contributed by atoms with Crippen molar-refractivity contribution in [3.63, 3.8) is 0 Å². The van der Waals surface area contributed by atoms with E-state index in [4.69, 9.17) is 4.74 Å². The van der Waals surface area contributed by atoms with Crippen LogP contribution in [-0.4, -0.2) is 58.2 Å². The van der Waals surface area contributed by atoms with Crippen molar-refractivity contribution in [3.05, 3.63) is 0 Å². The third-order valence-electron chi connectivity index (χ3n) is 1.76. The average Bonchev–Trinajstić information content (AvgIpc) is 2.01. The van der Waals surface area contributed by atoms with Gasteiger partial charge in [-0.05, 0) is 6.92 Å². The Bertz CT molecular complexity index is 302. The lowest BCUT2D eigenvalue weighted by Gasteiger charge is -2.16. The highest BCUT2D eigenvalue weighted by Gasteiger charge is 2.16. The molecule has 0 radical (unpaired) electrons. The highest BCUT2D eigenvalue weighted by Crippen LogP contribution is 1.92. The summed E-state index contributed by atoms with van der Waals surface area (Å²) in [7, 11) is -0.415. The second-order valence-electron chi connectivity index (χ2n) is 3.44. The minimum atomic E-state index is -3.30. The molecule has 1 N–H and O–H groups in total. The van der Waals surface area contributed by atoms with Crippen LogP contribution in [0.15, 0.2) is 0 Å². The van der Waals surface area contributed by atoms with E-state index in [0.717, 1.165) is 10.6 Å². The summed E-state index contributed by atoms with van der Waals surface area (Å²) in [6, 6.07) is -0.129. The first-order valence-corrected chi connectivity index (χ1v) is 6.31. The van der Waals surface area contributed by atoms with E-state index < -0.39 is 10.0 Å². The number of nitrogens with zero attached hydrogens (tertiary/aromatic N) is 1. The highest BCUT2D eigenvalue weighted by atomic mass is 32.2. The Balaban J connectivity index is 4.05. The number of sulfonamides is 1. The molecule has 0 aromatic rings. The number of methoxy groups -OCH3 is 1. The van der Waals surface area contributed by atoms with Crippen LogP contribution >= 0.6 is 0 Å². The number of carbonyl (C=O) groups is 1. The van der Waals surface area contributed by atoms with Gasteiger partial charge in [0.25, 0.3) is 0 Å². The molecule has 0 aliphatic heterocycles. The zero-order valence-electron chi connectivity index (χ0n) is 9.48. The van der Waals surface area contributed by atoms with Crippen molar-refractivity contribution in [2.45, 2.75) is 13.0 Å². The molecular weight excluding hydrogens is 220 g/mol. The van der Waals surface area contributed by atoms with Crippen molar-refractivity contribution in [2.24, 2.45) is 0 Å². The van der Waals surface area contributed by atoms with Crippen molar-refractivity contribution in [2.75, 3.05) is 33.6 Å². The summed E-state index contributed by atoms with van der Waals surface area (Å²) in [5.41, 5.74) is 0. The van der Waals surface area contributed by atoms with Gasteiger partial charge < -0.3 is 10.1 Å². The van der Waals surface area contributed by atoms with E-state index in [-0.39, 0.29) is 18.5 Å². The third kappa shape index (κ3) is 6.43. The lowest BCUT2D eigenvalue weighted by atomic mass is 10.3. The Hall–Kier alpha value is -0.660. The maximum atomic E-state index is 11.3. The van der Waals surface area contributed by atoms with E-state index in [1.165, 1.54) is 14.2 Å².